The summed E-state index contributed by atoms with van der Waals surface area (Å²) in [5, 5.41) is 0. The third kappa shape index (κ3) is 9.24. The molecule has 4 heavy (non-hydrogen) atoms. The summed E-state index contributed by atoms with van der Waals surface area (Å²) in [6.07, 6.45) is 0. The monoisotopic (exact) mass is 312 g/mol. The van der Waals surface area contributed by atoms with Crippen LogP contribution in [0.4, 0.5) is 0 Å². The van der Waals surface area contributed by atoms with Crippen LogP contribution in [-0.4, -0.2) is 8.41 Å². The van der Waals surface area contributed by atoms with Crippen LogP contribution in [0, 0.1) is 0 Å². The van der Waals surface area contributed by atoms with Gasteiger partial charge in [0.25, 0.3) is 0 Å². The van der Waals surface area contributed by atoms with Gasteiger partial charge in [-0.05, 0) is 0 Å². The summed E-state index contributed by atoms with van der Waals surface area (Å²) in [6, 6.07) is 0. The summed E-state index contributed by atoms with van der Waals surface area (Å²) < 4.78 is 0. The topological polar surface area (TPSA) is 0 Å². The second-order valence-electron chi connectivity index (χ2n) is 0. The summed E-state index contributed by atoms with van der Waals surface area (Å²) in [4.78, 5) is 0. The van der Waals surface area contributed by atoms with Gasteiger partial charge in [-0.2, -0.15) is 0 Å². The maximum absolute atomic E-state index is 0. The first-order valence-corrected chi connectivity index (χ1v) is 0. The zero-order chi connectivity index (χ0) is 0. The Balaban J connectivity index is 0. The average molecular weight is 312 g/mol. The molecule has 0 aromatic carbocycles. The Bertz CT molecular complexity index is 8.00. The van der Waals surface area contributed by atoms with Crippen LogP contribution < -0.4 is 0 Å². The molecule has 4 heteroatoms. The Morgan fingerprint density at radius 2 is 1.00 bits per heavy atom. The molecule has 0 radical (unpaired) electrons. The SMILES string of the molecule is B.[Fe].[Ni].[W]. The van der Waals surface area contributed by atoms with Gasteiger partial charge in [0, 0.05) is 54.6 Å². The number of rotatable bonds is 0. The maximum atomic E-state index is 0. The molecule has 0 aromatic rings. The fourth-order valence-corrected chi connectivity index (χ4v) is 0. The summed E-state index contributed by atoms with van der Waals surface area (Å²) in [7, 11) is 0. The van der Waals surface area contributed by atoms with Gasteiger partial charge in [-0.1, -0.05) is 0 Å². The molecule has 0 saturated carbocycles. The molecule has 0 atom stereocenters. The second kappa shape index (κ2) is 21.7. The average Bonchev–Trinajstić information content (AvgIpc) is 0. The Kier molecular flexibility index (Phi) is 227. The van der Waals surface area contributed by atoms with Crippen LogP contribution in [0.2, 0.25) is 0 Å². The third-order valence-corrected chi connectivity index (χ3v) is 0. The molecular weight excluding hydrogens is 309 g/mol. The first kappa shape index (κ1) is 42.0. The van der Waals surface area contributed by atoms with Gasteiger partial charge in [-0.25, -0.2) is 0 Å². The quantitative estimate of drug-likeness (QED) is 0.494. The van der Waals surface area contributed by atoms with Crippen molar-refractivity contribution >= 4 is 8.41 Å². The maximum Gasteiger partial charge on any atom is 0.0814 e. The van der Waals surface area contributed by atoms with Crippen molar-refractivity contribution in [3.05, 3.63) is 0 Å². The molecule has 0 aliphatic carbocycles. The van der Waals surface area contributed by atoms with Crippen LogP contribution in [-0.2, 0) is 54.6 Å². The van der Waals surface area contributed by atoms with Crippen LogP contribution in [0.15, 0.2) is 0 Å². The van der Waals surface area contributed by atoms with Crippen molar-refractivity contribution in [1.82, 2.24) is 0 Å². The molecule has 0 aliphatic heterocycles. The molecule has 0 saturated heterocycles. The molecule has 0 nitrogen and oxygen atoms in total. The minimum Gasteiger partial charge on any atom is 0 e. The fourth-order valence-electron chi connectivity index (χ4n) is 0. The minimum absolute atomic E-state index is 0. The van der Waals surface area contributed by atoms with Gasteiger partial charge in [0.05, 0.1) is 8.41 Å². The van der Waals surface area contributed by atoms with Gasteiger partial charge in [0.2, 0.25) is 0 Å². The summed E-state index contributed by atoms with van der Waals surface area (Å²) in [5.74, 6) is 0. The zero-order valence-electron chi connectivity index (χ0n) is 1.08. The Morgan fingerprint density at radius 1 is 1.00 bits per heavy atom. The molecule has 0 rings (SSSR count). The molecule has 0 amide bonds. The van der Waals surface area contributed by atoms with E-state index in [1.165, 1.54) is 0 Å². The molecular formula is H3BFeNiW. The molecule has 0 fully saturated rings. The van der Waals surface area contributed by atoms with Crippen LogP contribution in [0.25, 0.3) is 0 Å². The van der Waals surface area contributed by atoms with Crippen LogP contribution >= 0.6 is 0 Å². The Labute approximate surface area is 62.7 Å². The van der Waals surface area contributed by atoms with Gasteiger partial charge < -0.3 is 0 Å². The van der Waals surface area contributed by atoms with Crippen molar-refractivity contribution in [2.75, 3.05) is 0 Å². The van der Waals surface area contributed by atoms with Gasteiger partial charge >= 0.3 is 0 Å². The van der Waals surface area contributed by atoms with Crippen molar-refractivity contribution in [1.29, 1.82) is 0 Å². The van der Waals surface area contributed by atoms with Crippen molar-refractivity contribution < 1.29 is 54.6 Å². The van der Waals surface area contributed by atoms with E-state index in [1.54, 1.807) is 0 Å². The van der Waals surface area contributed by atoms with Gasteiger partial charge in [0.1, 0.15) is 0 Å². The van der Waals surface area contributed by atoms with Crippen molar-refractivity contribution in [2.24, 2.45) is 0 Å². The van der Waals surface area contributed by atoms with E-state index < -0.39 is 0 Å². The zero-order valence-corrected chi connectivity index (χ0v) is 6.10. The van der Waals surface area contributed by atoms with Crippen LogP contribution in [0.1, 0.15) is 0 Å². The second-order valence-corrected chi connectivity index (χ2v) is 0. The molecule has 0 spiro atoms. The molecule has 0 heterocycles. The summed E-state index contributed by atoms with van der Waals surface area (Å²) >= 11 is 0. The van der Waals surface area contributed by atoms with Gasteiger partial charge in [0.15, 0.2) is 0 Å². The van der Waals surface area contributed by atoms with Gasteiger partial charge in [-0.15, -0.1) is 0 Å². The van der Waals surface area contributed by atoms with Crippen LogP contribution in [0.3, 0.4) is 0 Å². The molecule has 0 N–H and O–H groups in total. The van der Waals surface area contributed by atoms with Crippen molar-refractivity contribution in [3.63, 3.8) is 0 Å². The van der Waals surface area contributed by atoms with E-state index in [2.05, 4.69) is 0 Å². The van der Waals surface area contributed by atoms with Crippen LogP contribution in [0.5, 0.6) is 0 Å². The largest absolute Gasteiger partial charge is 0.0814 e. The molecule has 30 valence electrons. The molecule has 0 aromatic heterocycles. The van der Waals surface area contributed by atoms with E-state index in [0.29, 0.717) is 0 Å². The van der Waals surface area contributed by atoms with E-state index >= 15 is 0 Å². The molecule has 0 unspecified atom stereocenters. The minimum atomic E-state index is 0. The Morgan fingerprint density at radius 3 is 1.00 bits per heavy atom. The molecule has 0 aliphatic rings. The first-order chi connectivity index (χ1) is 0. The smallest absolute Gasteiger partial charge is 0 e. The van der Waals surface area contributed by atoms with E-state index in [-0.39, 0.29) is 63.0 Å². The Hall–Kier alpha value is 1.77. The van der Waals surface area contributed by atoms with Gasteiger partial charge in [-0.3, -0.25) is 0 Å². The van der Waals surface area contributed by atoms with Crippen molar-refractivity contribution in [3.8, 4) is 0 Å². The summed E-state index contributed by atoms with van der Waals surface area (Å²) in [6.45, 7) is 0. The fraction of sp³-hybridized carbons (Fsp3) is 0. The first-order valence-electron chi connectivity index (χ1n) is 0. The third-order valence-electron chi connectivity index (χ3n) is 0. The summed E-state index contributed by atoms with van der Waals surface area (Å²) in [5.41, 5.74) is 0. The van der Waals surface area contributed by atoms with E-state index in [1.807, 2.05) is 0 Å². The number of hydrogen-bond donors (Lipinski definition) is 0. The normalized spacial score (nSPS) is 0. The van der Waals surface area contributed by atoms with Crippen molar-refractivity contribution in [2.45, 2.75) is 0 Å². The number of hydrogen-bond acceptors (Lipinski definition) is 0. The van der Waals surface area contributed by atoms with E-state index in [4.69, 9.17) is 0 Å². The van der Waals surface area contributed by atoms with E-state index in [9.17, 15) is 0 Å². The van der Waals surface area contributed by atoms with E-state index in [0.717, 1.165) is 0 Å². The predicted molar refractivity (Wildman–Crippen MR) is 9.94 cm³/mol. The molecule has 0 bridgehead atoms. The predicted octanol–water partition coefficient (Wildman–Crippen LogP) is -1.19. The standard InChI is InChI=1S/BH3.Fe.Ni.W/h1H3;;;.